The fraction of sp³-hybridized carbons (Fsp3) is 0.250. The van der Waals surface area contributed by atoms with Crippen LogP contribution >= 0.6 is 0 Å². The van der Waals surface area contributed by atoms with E-state index < -0.39 is 12.1 Å². The van der Waals surface area contributed by atoms with Gasteiger partial charge in [0.25, 0.3) is 0 Å². The Hall–Kier alpha value is -2.04. The molecule has 4 nitrogen and oxygen atoms in total. The molecule has 0 aromatic heterocycles. The lowest BCUT2D eigenvalue weighted by atomic mass is 9.99. The monoisotopic (exact) mass is 271 g/mol. The Morgan fingerprint density at radius 3 is 2.80 bits per heavy atom. The standard InChI is InChI=1S/C16H17NO3/c17-16-13-8-12(6-7-15(13)20-10-14(16)18)19-9-11-4-2-1-3-5-11/h1-8,14,16,18H,9-10,17H2/t14-,16+/m1/s1. The summed E-state index contributed by atoms with van der Waals surface area (Å²) in [4.78, 5) is 0. The van der Waals surface area contributed by atoms with E-state index in [4.69, 9.17) is 15.2 Å². The van der Waals surface area contributed by atoms with Crippen molar-refractivity contribution >= 4 is 0 Å². The number of fused-ring (bicyclic) bond motifs is 1. The van der Waals surface area contributed by atoms with Crippen molar-refractivity contribution in [1.29, 1.82) is 0 Å². The van der Waals surface area contributed by atoms with Crippen LogP contribution in [-0.4, -0.2) is 17.8 Å². The van der Waals surface area contributed by atoms with Crippen molar-refractivity contribution in [3.05, 3.63) is 59.7 Å². The van der Waals surface area contributed by atoms with Gasteiger partial charge < -0.3 is 20.3 Å². The molecule has 104 valence electrons. The molecule has 1 aliphatic rings. The fourth-order valence-electron chi connectivity index (χ4n) is 2.24. The number of aliphatic hydroxyl groups is 1. The smallest absolute Gasteiger partial charge is 0.124 e. The van der Waals surface area contributed by atoms with Gasteiger partial charge in [0.15, 0.2) is 0 Å². The lowest BCUT2D eigenvalue weighted by molar-refractivity contribution is 0.0676. The van der Waals surface area contributed by atoms with E-state index in [0.717, 1.165) is 22.6 Å². The number of benzene rings is 2. The normalized spacial score (nSPS) is 20.9. The molecule has 0 unspecified atom stereocenters. The average Bonchev–Trinajstić information content (AvgIpc) is 2.50. The Balaban J connectivity index is 1.75. The molecule has 0 bridgehead atoms. The first kappa shape index (κ1) is 13.0. The summed E-state index contributed by atoms with van der Waals surface area (Å²) >= 11 is 0. The molecular formula is C16H17NO3. The molecule has 2 aromatic carbocycles. The summed E-state index contributed by atoms with van der Waals surface area (Å²) in [5.41, 5.74) is 7.87. The van der Waals surface area contributed by atoms with Crippen molar-refractivity contribution in [3.63, 3.8) is 0 Å². The van der Waals surface area contributed by atoms with Gasteiger partial charge in [-0.15, -0.1) is 0 Å². The summed E-state index contributed by atoms with van der Waals surface area (Å²) in [5, 5.41) is 9.73. The molecule has 2 aromatic rings. The van der Waals surface area contributed by atoms with Crippen LogP contribution in [0.5, 0.6) is 11.5 Å². The largest absolute Gasteiger partial charge is 0.490 e. The van der Waals surface area contributed by atoms with Crippen LogP contribution in [-0.2, 0) is 6.61 Å². The number of hydrogen-bond donors (Lipinski definition) is 2. The second-order valence-corrected chi connectivity index (χ2v) is 4.88. The molecule has 0 spiro atoms. The van der Waals surface area contributed by atoms with E-state index in [9.17, 15) is 5.11 Å². The molecule has 1 heterocycles. The van der Waals surface area contributed by atoms with Gasteiger partial charge in [-0.25, -0.2) is 0 Å². The van der Waals surface area contributed by atoms with E-state index in [1.165, 1.54) is 0 Å². The van der Waals surface area contributed by atoms with Gasteiger partial charge in [-0.1, -0.05) is 30.3 Å². The van der Waals surface area contributed by atoms with Gasteiger partial charge in [0.05, 0.1) is 6.04 Å². The van der Waals surface area contributed by atoms with E-state index in [1.54, 1.807) is 0 Å². The molecule has 2 atom stereocenters. The Labute approximate surface area is 117 Å². The summed E-state index contributed by atoms with van der Waals surface area (Å²) in [7, 11) is 0. The number of hydrogen-bond acceptors (Lipinski definition) is 4. The SMILES string of the molecule is N[C@H]1c2cc(OCc3ccccc3)ccc2OC[C@H]1O. The Morgan fingerprint density at radius 2 is 2.00 bits per heavy atom. The molecule has 0 saturated heterocycles. The minimum Gasteiger partial charge on any atom is -0.490 e. The van der Waals surface area contributed by atoms with E-state index in [2.05, 4.69) is 0 Å². The van der Waals surface area contributed by atoms with E-state index >= 15 is 0 Å². The number of aliphatic hydroxyl groups excluding tert-OH is 1. The van der Waals surface area contributed by atoms with Gasteiger partial charge in [-0.2, -0.15) is 0 Å². The lowest BCUT2D eigenvalue weighted by Crippen LogP contribution is -2.35. The summed E-state index contributed by atoms with van der Waals surface area (Å²) in [6, 6.07) is 15.0. The Bertz CT molecular complexity index is 586. The number of nitrogens with two attached hydrogens (primary N) is 1. The van der Waals surface area contributed by atoms with Crippen LogP contribution in [0.15, 0.2) is 48.5 Å². The van der Waals surface area contributed by atoms with E-state index in [0.29, 0.717) is 6.61 Å². The summed E-state index contributed by atoms with van der Waals surface area (Å²) in [6.07, 6.45) is -0.674. The highest BCUT2D eigenvalue weighted by atomic mass is 16.5. The summed E-state index contributed by atoms with van der Waals surface area (Å²) in [5.74, 6) is 1.44. The maximum atomic E-state index is 9.73. The topological polar surface area (TPSA) is 64.7 Å². The van der Waals surface area contributed by atoms with Gasteiger partial charge in [-0.3, -0.25) is 0 Å². The maximum Gasteiger partial charge on any atom is 0.124 e. The molecular weight excluding hydrogens is 254 g/mol. The first-order valence-corrected chi connectivity index (χ1v) is 6.61. The molecule has 20 heavy (non-hydrogen) atoms. The molecule has 0 saturated carbocycles. The second-order valence-electron chi connectivity index (χ2n) is 4.88. The second kappa shape index (κ2) is 5.53. The quantitative estimate of drug-likeness (QED) is 0.896. The number of ether oxygens (including phenoxy) is 2. The third-order valence-electron chi connectivity index (χ3n) is 3.41. The molecule has 0 amide bonds. The van der Waals surface area contributed by atoms with Crippen LogP contribution in [0.1, 0.15) is 17.2 Å². The van der Waals surface area contributed by atoms with Crippen LogP contribution in [0.3, 0.4) is 0 Å². The van der Waals surface area contributed by atoms with Crippen molar-refractivity contribution in [1.82, 2.24) is 0 Å². The van der Waals surface area contributed by atoms with Crippen LogP contribution in [0.25, 0.3) is 0 Å². The fourth-order valence-corrected chi connectivity index (χ4v) is 2.24. The van der Waals surface area contributed by atoms with Crippen molar-refractivity contribution in [2.45, 2.75) is 18.8 Å². The average molecular weight is 271 g/mol. The minimum atomic E-state index is -0.674. The van der Waals surface area contributed by atoms with E-state index in [1.807, 2.05) is 48.5 Å². The molecule has 1 aliphatic heterocycles. The van der Waals surface area contributed by atoms with Crippen molar-refractivity contribution < 1.29 is 14.6 Å². The molecule has 4 heteroatoms. The zero-order chi connectivity index (χ0) is 13.9. The van der Waals surface area contributed by atoms with Crippen LogP contribution in [0, 0.1) is 0 Å². The van der Waals surface area contributed by atoms with Crippen LogP contribution in [0.2, 0.25) is 0 Å². The van der Waals surface area contributed by atoms with Crippen LogP contribution < -0.4 is 15.2 Å². The van der Waals surface area contributed by atoms with Gasteiger partial charge in [-0.05, 0) is 23.8 Å². The van der Waals surface area contributed by atoms with Gasteiger partial charge in [0.1, 0.15) is 30.8 Å². The highest BCUT2D eigenvalue weighted by molar-refractivity contribution is 5.44. The molecule has 3 rings (SSSR count). The third kappa shape index (κ3) is 2.61. The van der Waals surface area contributed by atoms with E-state index in [-0.39, 0.29) is 6.61 Å². The zero-order valence-electron chi connectivity index (χ0n) is 11.0. The predicted molar refractivity (Wildman–Crippen MR) is 75.6 cm³/mol. The summed E-state index contributed by atoms with van der Waals surface area (Å²) in [6.45, 7) is 0.733. The molecule has 3 N–H and O–H groups in total. The van der Waals surface area contributed by atoms with Crippen molar-refractivity contribution in [2.75, 3.05) is 6.61 Å². The Kier molecular flexibility index (Phi) is 3.58. The predicted octanol–water partition coefficient (Wildman–Crippen LogP) is 2.02. The minimum absolute atomic E-state index is 0.235. The van der Waals surface area contributed by atoms with Gasteiger partial charge in [0.2, 0.25) is 0 Å². The maximum absolute atomic E-state index is 9.73. The van der Waals surface area contributed by atoms with Crippen LogP contribution in [0.4, 0.5) is 0 Å². The van der Waals surface area contributed by atoms with Crippen molar-refractivity contribution in [2.24, 2.45) is 5.73 Å². The summed E-state index contributed by atoms with van der Waals surface area (Å²) < 4.78 is 11.2. The van der Waals surface area contributed by atoms with Gasteiger partial charge in [0, 0.05) is 5.56 Å². The molecule has 0 aliphatic carbocycles. The first-order chi connectivity index (χ1) is 9.74. The zero-order valence-corrected chi connectivity index (χ0v) is 11.0. The highest BCUT2D eigenvalue weighted by Crippen LogP contribution is 2.33. The highest BCUT2D eigenvalue weighted by Gasteiger charge is 2.26. The molecule has 0 radical (unpaired) electrons. The first-order valence-electron chi connectivity index (χ1n) is 6.61. The lowest BCUT2D eigenvalue weighted by Gasteiger charge is -2.28. The Morgan fingerprint density at radius 1 is 1.20 bits per heavy atom. The number of rotatable bonds is 3. The third-order valence-corrected chi connectivity index (χ3v) is 3.41. The molecule has 0 fully saturated rings. The van der Waals surface area contributed by atoms with Crippen molar-refractivity contribution in [3.8, 4) is 11.5 Å². The van der Waals surface area contributed by atoms with Gasteiger partial charge >= 0.3 is 0 Å².